The lowest BCUT2D eigenvalue weighted by molar-refractivity contribution is 0.279. The molecule has 2 saturated carbocycles. The molecular weight excluding hydrogens is 352 g/mol. The van der Waals surface area contributed by atoms with E-state index in [1.165, 1.54) is 0 Å². The van der Waals surface area contributed by atoms with Gasteiger partial charge in [0, 0.05) is 35.9 Å². The molecular formula is C21H20N6O. The van der Waals surface area contributed by atoms with Crippen LogP contribution in [-0.4, -0.2) is 30.1 Å². The fraction of sp³-hybridized carbons (Fsp3) is 0.333. The highest BCUT2D eigenvalue weighted by Gasteiger charge is 2.37. The van der Waals surface area contributed by atoms with Crippen LogP contribution in [0.25, 0.3) is 22.2 Å². The van der Waals surface area contributed by atoms with Crippen molar-refractivity contribution in [1.82, 2.24) is 24.1 Å². The summed E-state index contributed by atoms with van der Waals surface area (Å²) in [4.78, 5) is 26.6. The average molecular weight is 372 g/mol. The molecule has 0 unspecified atom stereocenters. The number of hydrogen-bond acceptors (Lipinski definition) is 5. The molecule has 1 N–H and O–H groups in total. The summed E-state index contributed by atoms with van der Waals surface area (Å²) in [6.07, 6.45) is 7.21. The lowest BCUT2D eigenvalue weighted by Gasteiger charge is -2.36. The Morgan fingerprint density at radius 2 is 1.61 bits per heavy atom. The first-order valence-electron chi connectivity index (χ1n) is 9.84. The van der Waals surface area contributed by atoms with Crippen LogP contribution >= 0.6 is 0 Å². The molecule has 0 atom stereocenters. The topological polar surface area (TPSA) is 77.6 Å². The van der Waals surface area contributed by atoms with Crippen LogP contribution in [0.15, 0.2) is 53.6 Å². The second kappa shape index (κ2) is 5.89. The Morgan fingerprint density at radius 3 is 2.36 bits per heavy atom. The van der Waals surface area contributed by atoms with Gasteiger partial charge in [-0.25, -0.2) is 19.7 Å². The minimum absolute atomic E-state index is 0.0379. The fourth-order valence-electron chi connectivity index (χ4n) is 4.22. The van der Waals surface area contributed by atoms with E-state index in [1.807, 2.05) is 33.4 Å². The van der Waals surface area contributed by atoms with Gasteiger partial charge >= 0.3 is 5.69 Å². The van der Waals surface area contributed by atoms with E-state index in [2.05, 4.69) is 27.4 Å². The standard InChI is InChI=1S/C21H20N6O/c28-21-26(15-6-7-15)19-20(23-10-9-22-19)27(21)16-11-14(12-16)24-18-8-5-13-3-1-2-4-17(13)25-18/h1-5,8-10,14-16H,6-7,11-12H2,(H,24,25). The third-order valence-electron chi connectivity index (χ3n) is 5.87. The summed E-state index contributed by atoms with van der Waals surface area (Å²) in [6, 6.07) is 13.0. The van der Waals surface area contributed by atoms with Crippen LogP contribution in [0.1, 0.15) is 37.8 Å². The van der Waals surface area contributed by atoms with Crippen molar-refractivity contribution >= 4 is 28.0 Å². The van der Waals surface area contributed by atoms with E-state index in [1.54, 1.807) is 12.4 Å². The van der Waals surface area contributed by atoms with Gasteiger partial charge in [-0.2, -0.15) is 0 Å². The van der Waals surface area contributed by atoms with Gasteiger partial charge in [-0.05, 0) is 43.9 Å². The first kappa shape index (κ1) is 15.8. The van der Waals surface area contributed by atoms with Crippen LogP contribution in [0.2, 0.25) is 0 Å². The normalized spacial score (nSPS) is 21.7. The molecule has 28 heavy (non-hydrogen) atoms. The van der Waals surface area contributed by atoms with Gasteiger partial charge in [0.25, 0.3) is 0 Å². The van der Waals surface area contributed by atoms with E-state index in [-0.39, 0.29) is 11.7 Å². The summed E-state index contributed by atoms with van der Waals surface area (Å²) in [7, 11) is 0. The molecule has 6 rings (SSSR count). The molecule has 4 aromatic rings. The third kappa shape index (κ3) is 2.42. The molecule has 0 radical (unpaired) electrons. The van der Waals surface area contributed by atoms with Gasteiger partial charge in [0.05, 0.1) is 5.52 Å². The van der Waals surface area contributed by atoms with Crippen molar-refractivity contribution in [3.63, 3.8) is 0 Å². The molecule has 7 nitrogen and oxygen atoms in total. The third-order valence-corrected chi connectivity index (χ3v) is 5.87. The highest BCUT2D eigenvalue weighted by Crippen LogP contribution is 2.38. The molecule has 3 aromatic heterocycles. The number of fused-ring (bicyclic) bond motifs is 2. The Labute approximate surface area is 161 Å². The molecule has 2 fully saturated rings. The van der Waals surface area contributed by atoms with E-state index in [0.717, 1.165) is 48.1 Å². The molecule has 0 aliphatic heterocycles. The Hall–Kier alpha value is -3.22. The average Bonchev–Trinajstić information content (AvgIpc) is 3.48. The Kier molecular flexibility index (Phi) is 3.32. The number of hydrogen-bond donors (Lipinski definition) is 1. The van der Waals surface area contributed by atoms with Crippen LogP contribution in [0.4, 0.5) is 5.82 Å². The summed E-state index contributed by atoms with van der Waals surface area (Å²) >= 11 is 0. The summed E-state index contributed by atoms with van der Waals surface area (Å²) in [6.45, 7) is 0. The number of nitrogens with zero attached hydrogens (tertiary/aromatic N) is 5. The van der Waals surface area contributed by atoms with Crippen LogP contribution in [0.3, 0.4) is 0 Å². The van der Waals surface area contributed by atoms with Crippen molar-refractivity contribution < 1.29 is 0 Å². The van der Waals surface area contributed by atoms with Gasteiger partial charge in [-0.1, -0.05) is 18.2 Å². The summed E-state index contributed by atoms with van der Waals surface area (Å²) in [5.74, 6) is 0.884. The second-order valence-corrected chi connectivity index (χ2v) is 7.81. The molecule has 3 heterocycles. The zero-order valence-electron chi connectivity index (χ0n) is 15.3. The van der Waals surface area contributed by atoms with Gasteiger partial charge in [-0.15, -0.1) is 0 Å². The zero-order valence-corrected chi connectivity index (χ0v) is 15.3. The second-order valence-electron chi connectivity index (χ2n) is 7.81. The van der Waals surface area contributed by atoms with Gasteiger partial charge in [0.2, 0.25) is 0 Å². The number of nitrogens with one attached hydrogen (secondary N) is 1. The monoisotopic (exact) mass is 372 g/mol. The number of aromatic nitrogens is 5. The highest BCUT2D eigenvalue weighted by molar-refractivity contribution is 5.80. The van der Waals surface area contributed by atoms with Crippen LogP contribution in [0, 0.1) is 0 Å². The summed E-state index contributed by atoms with van der Waals surface area (Å²) in [5.41, 5.74) is 2.47. The van der Waals surface area contributed by atoms with Gasteiger partial charge in [0.15, 0.2) is 11.3 Å². The SMILES string of the molecule is O=c1n(C2CC2)c2nccnc2n1C1CC(Nc2ccc3ccccc3n2)C1. The molecule has 2 aliphatic carbocycles. The number of para-hydroxylation sites is 1. The van der Waals surface area contributed by atoms with Gasteiger partial charge in [0.1, 0.15) is 5.82 Å². The number of benzene rings is 1. The minimum Gasteiger partial charge on any atom is -0.367 e. The Balaban J connectivity index is 1.25. The minimum atomic E-state index is 0.0379. The van der Waals surface area contributed by atoms with Crippen molar-refractivity contribution in [2.45, 2.75) is 43.8 Å². The lowest BCUT2D eigenvalue weighted by Crippen LogP contribution is -2.41. The number of rotatable bonds is 4. The quantitative estimate of drug-likeness (QED) is 0.595. The largest absolute Gasteiger partial charge is 0.367 e. The number of pyridine rings is 1. The van der Waals surface area contributed by atoms with E-state index < -0.39 is 0 Å². The van der Waals surface area contributed by atoms with E-state index in [0.29, 0.717) is 17.7 Å². The maximum atomic E-state index is 13.0. The van der Waals surface area contributed by atoms with Crippen LogP contribution in [0.5, 0.6) is 0 Å². The highest BCUT2D eigenvalue weighted by atomic mass is 16.2. The number of anilines is 1. The molecule has 0 amide bonds. The van der Waals surface area contributed by atoms with Crippen molar-refractivity contribution in [2.24, 2.45) is 0 Å². The fourth-order valence-corrected chi connectivity index (χ4v) is 4.22. The van der Waals surface area contributed by atoms with Gasteiger partial charge < -0.3 is 5.32 Å². The summed E-state index contributed by atoms with van der Waals surface area (Å²) in [5, 5.41) is 4.65. The van der Waals surface area contributed by atoms with Crippen molar-refractivity contribution in [1.29, 1.82) is 0 Å². The molecule has 1 aromatic carbocycles. The number of imidazole rings is 1. The first-order chi connectivity index (χ1) is 13.8. The predicted octanol–water partition coefficient (Wildman–Crippen LogP) is 3.29. The van der Waals surface area contributed by atoms with E-state index >= 15 is 0 Å². The molecule has 2 aliphatic rings. The van der Waals surface area contributed by atoms with Crippen molar-refractivity contribution in [3.05, 3.63) is 59.3 Å². The predicted molar refractivity (Wildman–Crippen MR) is 107 cm³/mol. The Bertz CT molecular complexity index is 1250. The summed E-state index contributed by atoms with van der Waals surface area (Å²) < 4.78 is 3.70. The van der Waals surface area contributed by atoms with Crippen molar-refractivity contribution in [2.75, 3.05) is 5.32 Å². The maximum absolute atomic E-state index is 13.0. The molecule has 0 spiro atoms. The molecule has 7 heteroatoms. The molecule has 140 valence electrons. The van der Waals surface area contributed by atoms with Crippen LogP contribution in [-0.2, 0) is 0 Å². The van der Waals surface area contributed by atoms with E-state index in [4.69, 9.17) is 4.98 Å². The smallest absolute Gasteiger partial charge is 0.332 e. The molecule has 0 saturated heterocycles. The van der Waals surface area contributed by atoms with Crippen LogP contribution < -0.4 is 11.0 Å². The lowest BCUT2D eigenvalue weighted by atomic mass is 9.86. The van der Waals surface area contributed by atoms with Gasteiger partial charge in [-0.3, -0.25) is 9.13 Å². The Morgan fingerprint density at radius 1 is 0.893 bits per heavy atom. The van der Waals surface area contributed by atoms with Crippen molar-refractivity contribution in [3.8, 4) is 0 Å². The van der Waals surface area contributed by atoms with E-state index in [9.17, 15) is 4.79 Å². The molecule has 0 bridgehead atoms. The first-order valence-corrected chi connectivity index (χ1v) is 9.84. The zero-order chi connectivity index (χ0) is 18.7. The maximum Gasteiger partial charge on any atom is 0.332 e.